The molecule has 0 spiro atoms. The monoisotopic (exact) mass is 209 g/mol. The number of thiazole rings is 1. The lowest BCUT2D eigenvalue weighted by Gasteiger charge is -2.04. The number of hydrogen-bond acceptors (Lipinski definition) is 5. The lowest BCUT2D eigenvalue weighted by atomic mass is 10.4. The Morgan fingerprint density at radius 2 is 2.07 bits per heavy atom. The molecule has 0 amide bonds. The molecule has 0 atom stereocenters. The Kier molecular flexibility index (Phi) is 2.25. The van der Waals surface area contributed by atoms with Crippen LogP contribution in [0.4, 0.5) is 5.13 Å². The molecule has 0 aliphatic carbocycles. The highest BCUT2D eigenvalue weighted by Gasteiger charge is 2.06. The second-order valence-electron chi connectivity index (χ2n) is 3.07. The van der Waals surface area contributed by atoms with Gasteiger partial charge in [0.15, 0.2) is 5.13 Å². The molecule has 0 unspecified atom stereocenters. The maximum atomic E-state index is 5.05. The van der Waals surface area contributed by atoms with E-state index in [2.05, 4.69) is 9.97 Å². The molecule has 0 N–H and O–H groups in total. The molecule has 0 aliphatic rings. The van der Waals surface area contributed by atoms with Crippen LogP contribution in [0.15, 0.2) is 12.1 Å². The third kappa shape index (κ3) is 1.50. The van der Waals surface area contributed by atoms with Crippen molar-refractivity contribution in [3.8, 4) is 5.88 Å². The summed E-state index contributed by atoms with van der Waals surface area (Å²) < 4.78 is 5.05. The Morgan fingerprint density at radius 3 is 2.71 bits per heavy atom. The van der Waals surface area contributed by atoms with Crippen LogP contribution in [-0.4, -0.2) is 31.2 Å². The fraction of sp³-hybridized carbons (Fsp3) is 0.333. The minimum absolute atomic E-state index is 0.631. The van der Waals surface area contributed by atoms with E-state index >= 15 is 0 Å². The molecule has 0 radical (unpaired) electrons. The maximum absolute atomic E-state index is 5.05. The molecule has 14 heavy (non-hydrogen) atoms. The van der Waals surface area contributed by atoms with E-state index < -0.39 is 0 Å². The summed E-state index contributed by atoms with van der Waals surface area (Å²) in [7, 11) is 5.55. The number of aromatic nitrogens is 2. The second-order valence-corrected chi connectivity index (χ2v) is 4.02. The first-order chi connectivity index (χ1) is 6.70. The molecule has 0 saturated carbocycles. The van der Waals surface area contributed by atoms with Crippen molar-refractivity contribution in [1.82, 2.24) is 9.97 Å². The summed E-state index contributed by atoms with van der Waals surface area (Å²) in [6.07, 6.45) is 0. The third-order valence-electron chi connectivity index (χ3n) is 1.81. The third-order valence-corrected chi connectivity index (χ3v) is 2.94. The Hall–Kier alpha value is -1.36. The van der Waals surface area contributed by atoms with Gasteiger partial charge in [0.05, 0.1) is 7.11 Å². The van der Waals surface area contributed by atoms with Crippen molar-refractivity contribution in [3.63, 3.8) is 0 Å². The van der Waals surface area contributed by atoms with E-state index in [4.69, 9.17) is 4.74 Å². The van der Waals surface area contributed by atoms with Crippen LogP contribution in [0.5, 0.6) is 5.88 Å². The molecule has 5 heteroatoms. The molecule has 0 fully saturated rings. The standard InChI is InChI=1S/C9H11N3OS/c1-12(2)9-10-6-4-5-7(13-3)11-8(6)14-9/h4-5H,1-3H3. The van der Waals surface area contributed by atoms with E-state index in [0.29, 0.717) is 5.88 Å². The highest BCUT2D eigenvalue weighted by Crippen LogP contribution is 2.27. The number of hydrogen-bond donors (Lipinski definition) is 0. The molecule has 2 aromatic heterocycles. The number of methoxy groups -OCH3 is 1. The Bertz CT molecular complexity index is 452. The fourth-order valence-corrected chi connectivity index (χ4v) is 1.95. The quantitative estimate of drug-likeness (QED) is 0.755. The fourth-order valence-electron chi connectivity index (χ4n) is 1.09. The molecule has 0 aliphatic heterocycles. The average Bonchev–Trinajstić information content (AvgIpc) is 2.59. The van der Waals surface area contributed by atoms with Gasteiger partial charge in [-0.3, -0.25) is 0 Å². The van der Waals surface area contributed by atoms with Gasteiger partial charge in [-0.25, -0.2) is 9.97 Å². The summed E-state index contributed by atoms with van der Waals surface area (Å²) in [5.74, 6) is 0.631. The minimum Gasteiger partial charge on any atom is -0.481 e. The zero-order chi connectivity index (χ0) is 10.1. The second kappa shape index (κ2) is 3.42. The number of rotatable bonds is 2. The first-order valence-corrected chi connectivity index (χ1v) is 5.01. The zero-order valence-corrected chi connectivity index (χ0v) is 9.13. The number of nitrogens with zero attached hydrogens (tertiary/aromatic N) is 3. The first kappa shape index (κ1) is 9.21. The van der Waals surface area contributed by atoms with Gasteiger partial charge in [-0.1, -0.05) is 11.3 Å². The van der Waals surface area contributed by atoms with Crippen molar-refractivity contribution in [2.24, 2.45) is 0 Å². The van der Waals surface area contributed by atoms with Crippen LogP contribution in [0.1, 0.15) is 0 Å². The van der Waals surface area contributed by atoms with Crippen LogP contribution in [0.3, 0.4) is 0 Å². The van der Waals surface area contributed by atoms with Crippen LogP contribution in [0, 0.1) is 0 Å². The van der Waals surface area contributed by atoms with E-state index in [0.717, 1.165) is 15.5 Å². The molecular formula is C9H11N3OS. The summed E-state index contributed by atoms with van der Waals surface area (Å²) in [4.78, 5) is 11.6. The summed E-state index contributed by atoms with van der Waals surface area (Å²) in [5.41, 5.74) is 0.916. The van der Waals surface area contributed by atoms with E-state index in [9.17, 15) is 0 Å². The predicted octanol–water partition coefficient (Wildman–Crippen LogP) is 1.77. The van der Waals surface area contributed by atoms with E-state index in [-0.39, 0.29) is 0 Å². The SMILES string of the molecule is COc1ccc2nc(N(C)C)sc2n1. The van der Waals surface area contributed by atoms with Crippen LogP contribution in [0.25, 0.3) is 10.3 Å². The number of pyridine rings is 1. The lowest BCUT2D eigenvalue weighted by molar-refractivity contribution is 0.400. The molecule has 0 aromatic carbocycles. The summed E-state index contributed by atoms with van der Waals surface area (Å²) >= 11 is 1.56. The summed E-state index contributed by atoms with van der Waals surface area (Å²) in [6, 6.07) is 3.74. The summed E-state index contributed by atoms with van der Waals surface area (Å²) in [6.45, 7) is 0. The minimum atomic E-state index is 0.631. The normalized spacial score (nSPS) is 10.5. The molecule has 0 bridgehead atoms. The maximum Gasteiger partial charge on any atom is 0.214 e. The van der Waals surface area contributed by atoms with Crippen molar-refractivity contribution in [1.29, 1.82) is 0 Å². The van der Waals surface area contributed by atoms with E-state index in [1.54, 1.807) is 18.4 Å². The van der Waals surface area contributed by atoms with Gasteiger partial charge in [0.25, 0.3) is 0 Å². The Labute approximate surface area is 86.2 Å². The molecule has 4 nitrogen and oxygen atoms in total. The van der Waals surface area contributed by atoms with Crippen molar-refractivity contribution in [2.45, 2.75) is 0 Å². The van der Waals surface area contributed by atoms with Gasteiger partial charge in [0, 0.05) is 20.2 Å². The lowest BCUT2D eigenvalue weighted by Crippen LogP contribution is -2.07. The van der Waals surface area contributed by atoms with Gasteiger partial charge < -0.3 is 9.64 Å². The first-order valence-electron chi connectivity index (χ1n) is 4.19. The van der Waals surface area contributed by atoms with E-state index in [1.807, 2.05) is 31.1 Å². The number of anilines is 1. The van der Waals surface area contributed by atoms with E-state index in [1.165, 1.54) is 0 Å². The smallest absolute Gasteiger partial charge is 0.214 e. The van der Waals surface area contributed by atoms with Crippen LogP contribution < -0.4 is 9.64 Å². The topological polar surface area (TPSA) is 38.2 Å². The zero-order valence-electron chi connectivity index (χ0n) is 8.31. The molecule has 2 rings (SSSR count). The van der Waals surface area contributed by atoms with Gasteiger partial charge >= 0.3 is 0 Å². The van der Waals surface area contributed by atoms with Crippen molar-refractivity contribution < 1.29 is 4.74 Å². The van der Waals surface area contributed by atoms with Gasteiger partial charge in [-0.05, 0) is 6.07 Å². The largest absolute Gasteiger partial charge is 0.481 e. The van der Waals surface area contributed by atoms with Gasteiger partial charge in [0.1, 0.15) is 10.3 Å². The Morgan fingerprint density at radius 1 is 1.29 bits per heavy atom. The highest BCUT2D eigenvalue weighted by molar-refractivity contribution is 7.21. The number of fused-ring (bicyclic) bond motifs is 1. The van der Waals surface area contributed by atoms with Crippen LogP contribution in [-0.2, 0) is 0 Å². The van der Waals surface area contributed by atoms with Crippen molar-refractivity contribution in [3.05, 3.63) is 12.1 Å². The Balaban J connectivity index is 2.54. The summed E-state index contributed by atoms with van der Waals surface area (Å²) in [5, 5.41) is 0.959. The van der Waals surface area contributed by atoms with Crippen LogP contribution >= 0.6 is 11.3 Å². The van der Waals surface area contributed by atoms with Gasteiger partial charge in [0.2, 0.25) is 5.88 Å². The molecular weight excluding hydrogens is 198 g/mol. The highest BCUT2D eigenvalue weighted by atomic mass is 32.1. The van der Waals surface area contributed by atoms with Crippen molar-refractivity contribution in [2.75, 3.05) is 26.1 Å². The van der Waals surface area contributed by atoms with Gasteiger partial charge in [-0.2, -0.15) is 0 Å². The number of ether oxygens (including phenoxy) is 1. The van der Waals surface area contributed by atoms with Crippen molar-refractivity contribution >= 4 is 26.8 Å². The molecule has 0 saturated heterocycles. The van der Waals surface area contributed by atoms with Crippen LogP contribution in [0.2, 0.25) is 0 Å². The molecule has 2 aromatic rings. The van der Waals surface area contributed by atoms with Gasteiger partial charge in [-0.15, -0.1) is 0 Å². The molecule has 74 valence electrons. The molecule has 2 heterocycles. The average molecular weight is 209 g/mol. The predicted molar refractivity (Wildman–Crippen MR) is 58.3 cm³/mol.